The second kappa shape index (κ2) is 4.73. The molecule has 0 atom stereocenters. The number of benzene rings is 1. The Morgan fingerprint density at radius 2 is 1.83 bits per heavy atom. The number of carbonyl (C=O) groups is 1. The van der Waals surface area contributed by atoms with Crippen LogP contribution in [0, 0.1) is 5.92 Å². The maximum Gasteiger partial charge on any atom is 0.223 e. The van der Waals surface area contributed by atoms with E-state index in [4.69, 9.17) is 0 Å². The molecule has 3 heteroatoms. The van der Waals surface area contributed by atoms with Gasteiger partial charge in [0.15, 0.2) is 0 Å². The lowest BCUT2D eigenvalue weighted by molar-refractivity contribution is -0.126. The number of hydrogen-bond acceptors (Lipinski definition) is 2. The Labute approximate surface area is 108 Å². The number of hydrogen-bond donors (Lipinski definition) is 2. The lowest BCUT2D eigenvalue weighted by atomic mass is 9.95. The molecular weight excluding hydrogens is 224 g/mol. The molecule has 0 aromatic heterocycles. The van der Waals surface area contributed by atoms with Crippen molar-refractivity contribution in [1.82, 2.24) is 10.6 Å². The molecule has 18 heavy (non-hydrogen) atoms. The Kier molecular flexibility index (Phi) is 3.08. The standard InChI is InChI=1S/C15H20N2O/c18-14(12-6-10-16-11-7-12)17-15(8-9-15)13-4-2-1-3-5-13/h1-5,12,16H,6-11H2,(H,17,18). The quantitative estimate of drug-likeness (QED) is 0.851. The van der Waals surface area contributed by atoms with Crippen molar-refractivity contribution in [2.45, 2.75) is 31.2 Å². The van der Waals surface area contributed by atoms with E-state index in [9.17, 15) is 4.79 Å². The molecule has 3 rings (SSSR count). The average Bonchev–Trinajstić information content (AvgIpc) is 3.22. The molecule has 1 heterocycles. The highest BCUT2D eigenvalue weighted by atomic mass is 16.2. The summed E-state index contributed by atoms with van der Waals surface area (Å²) in [4.78, 5) is 12.3. The molecule has 1 aliphatic heterocycles. The van der Waals surface area contributed by atoms with Gasteiger partial charge in [-0.25, -0.2) is 0 Å². The van der Waals surface area contributed by atoms with Gasteiger partial charge in [-0.2, -0.15) is 0 Å². The lowest BCUT2D eigenvalue weighted by Crippen LogP contribution is -2.42. The van der Waals surface area contributed by atoms with Gasteiger partial charge in [0.2, 0.25) is 5.91 Å². The Hall–Kier alpha value is -1.35. The van der Waals surface area contributed by atoms with Crippen LogP contribution in [-0.2, 0) is 10.3 Å². The molecule has 0 bridgehead atoms. The van der Waals surface area contributed by atoms with E-state index in [1.54, 1.807) is 0 Å². The first-order chi connectivity index (χ1) is 8.80. The van der Waals surface area contributed by atoms with Crippen molar-refractivity contribution in [2.75, 3.05) is 13.1 Å². The van der Waals surface area contributed by atoms with Gasteiger partial charge in [-0.3, -0.25) is 4.79 Å². The summed E-state index contributed by atoms with van der Waals surface area (Å²) in [6.45, 7) is 1.94. The Bertz CT molecular complexity index is 419. The molecular formula is C15H20N2O. The van der Waals surface area contributed by atoms with E-state index in [1.807, 2.05) is 18.2 Å². The molecule has 1 saturated heterocycles. The van der Waals surface area contributed by atoms with Gasteiger partial charge in [-0.05, 0) is 44.3 Å². The maximum absolute atomic E-state index is 12.3. The van der Waals surface area contributed by atoms with Crippen LogP contribution in [-0.4, -0.2) is 19.0 Å². The minimum Gasteiger partial charge on any atom is -0.346 e. The second-order valence-electron chi connectivity index (χ2n) is 5.46. The largest absolute Gasteiger partial charge is 0.346 e. The summed E-state index contributed by atoms with van der Waals surface area (Å²) < 4.78 is 0. The van der Waals surface area contributed by atoms with Gasteiger partial charge in [0.05, 0.1) is 5.54 Å². The van der Waals surface area contributed by atoms with Crippen LogP contribution in [0.15, 0.2) is 30.3 Å². The van der Waals surface area contributed by atoms with E-state index in [2.05, 4.69) is 22.8 Å². The van der Waals surface area contributed by atoms with E-state index < -0.39 is 0 Å². The molecule has 1 aromatic rings. The molecule has 2 fully saturated rings. The first kappa shape index (κ1) is 11.7. The molecule has 1 aliphatic carbocycles. The molecule has 1 amide bonds. The highest BCUT2D eigenvalue weighted by Crippen LogP contribution is 2.45. The summed E-state index contributed by atoms with van der Waals surface area (Å²) in [5.41, 5.74) is 1.20. The summed E-state index contributed by atoms with van der Waals surface area (Å²) in [7, 11) is 0. The molecule has 0 radical (unpaired) electrons. The van der Waals surface area contributed by atoms with Gasteiger partial charge in [0, 0.05) is 5.92 Å². The van der Waals surface area contributed by atoms with E-state index in [0.717, 1.165) is 38.8 Å². The smallest absolute Gasteiger partial charge is 0.223 e. The normalized spacial score (nSPS) is 22.4. The highest BCUT2D eigenvalue weighted by Gasteiger charge is 2.46. The van der Waals surface area contributed by atoms with Crippen molar-refractivity contribution in [2.24, 2.45) is 5.92 Å². The molecule has 0 unspecified atom stereocenters. The van der Waals surface area contributed by atoms with Gasteiger partial charge in [-0.15, -0.1) is 0 Å². The number of rotatable bonds is 3. The van der Waals surface area contributed by atoms with Crippen LogP contribution in [0.3, 0.4) is 0 Å². The molecule has 1 saturated carbocycles. The van der Waals surface area contributed by atoms with Gasteiger partial charge < -0.3 is 10.6 Å². The Morgan fingerprint density at radius 3 is 2.44 bits per heavy atom. The molecule has 2 N–H and O–H groups in total. The fraction of sp³-hybridized carbons (Fsp3) is 0.533. The maximum atomic E-state index is 12.3. The van der Waals surface area contributed by atoms with Crippen molar-refractivity contribution < 1.29 is 4.79 Å². The third-order valence-corrected chi connectivity index (χ3v) is 4.15. The summed E-state index contributed by atoms with van der Waals surface area (Å²) in [6, 6.07) is 10.4. The third kappa shape index (κ3) is 2.27. The van der Waals surface area contributed by atoms with Crippen molar-refractivity contribution in [3.63, 3.8) is 0 Å². The van der Waals surface area contributed by atoms with Gasteiger partial charge >= 0.3 is 0 Å². The molecule has 2 aliphatic rings. The highest BCUT2D eigenvalue weighted by molar-refractivity contribution is 5.80. The van der Waals surface area contributed by atoms with Crippen LogP contribution in [0.2, 0.25) is 0 Å². The first-order valence-corrected chi connectivity index (χ1v) is 6.88. The third-order valence-electron chi connectivity index (χ3n) is 4.15. The van der Waals surface area contributed by atoms with Crippen LogP contribution in [0.4, 0.5) is 0 Å². The predicted molar refractivity (Wildman–Crippen MR) is 71.1 cm³/mol. The number of carbonyl (C=O) groups excluding carboxylic acids is 1. The molecule has 1 aromatic carbocycles. The Morgan fingerprint density at radius 1 is 1.17 bits per heavy atom. The summed E-state index contributed by atoms with van der Waals surface area (Å²) in [5.74, 6) is 0.449. The SMILES string of the molecule is O=C(NC1(c2ccccc2)CC1)C1CCNCC1. The van der Waals surface area contributed by atoms with E-state index in [1.165, 1.54) is 5.56 Å². The minimum atomic E-state index is -0.0524. The number of amides is 1. The topological polar surface area (TPSA) is 41.1 Å². The van der Waals surface area contributed by atoms with Crippen molar-refractivity contribution in [3.8, 4) is 0 Å². The zero-order valence-electron chi connectivity index (χ0n) is 10.6. The van der Waals surface area contributed by atoms with E-state index in [0.29, 0.717) is 0 Å². The van der Waals surface area contributed by atoms with Crippen LogP contribution >= 0.6 is 0 Å². The van der Waals surface area contributed by atoms with E-state index in [-0.39, 0.29) is 17.4 Å². The zero-order chi connectivity index (χ0) is 12.4. The van der Waals surface area contributed by atoms with Crippen LogP contribution in [0.5, 0.6) is 0 Å². The first-order valence-electron chi connectivity index (χ1n) is 6.88. The predicted octanol–water partition coefficient (Wildman–Crippen LogP) is 1.79. The lowest BCUT2D eigenvalue weighted by Gasteiger charge is -2.25. The van der Waals surface area contributed by atoms with Crippen LogP contribution in [0.25, 0.3) is 0 Å². The molecule has 96 valence electrons. The summed E-state index contributed by atoms with van der Waals surface area (Å²) in [6.07, 6.45) is 4.09. The fourth-order valence-electron chi connectivity index (χ4n) is 2.79. The van der Waals surface area contributed by atoms with Crippen LogP contribution in [0.1, 0.15) is 31.2 Å². The fourth-order valence-corrected chi connectivity index (χ4v) is 2.79. The number of piperidine rings is 1. The monoisotopic (exact) mass is 244 g/mol. The number of nitrogens with one attached hydrogen (secondary N) is 2. The van der Waals surface area contributed by atoms with Gasteiger partial charge in [0.1, 0.15) is 0 Å². The average molecular weight is 244 g/mol. The van der Waals surface area contributed by atoms with Crippen molar-refractivity contribution in [3.05, 3.63) is 35.9 Å². The van der Waals surface area contributed by atoms with E-state index >= 15 is 0 Å². The second-order valence-corrected chi connectivity index (χ2v) is 5.46. The summed E-state index contributed by atoms with van der Waals surface area (Å²) in [5, 5.41) is 6.59. The molecule has 3 nitrogen and oxygen atoms in total. The zero-order valence-corrected chi connectivity index (χ0v) is 10.6. The molecule has 0 spiro atoms. The van der Waals surface area contributed by atoms with Crippen molar-refractivity contribution in [1.29, 1.82) is 0 Å². The summed E-state index contributed by atoms with van der Waals surface area (Å²) >= 11 is 0. The minimum absolute atomic E-state index is 0.0524. The van der Waals surface area contributed by atoms with Crippen LogP contribution < -0.4 is 10.6 Å². The van der Waals surface area contributed by atoms with Gasteiger partial charge in [0.25, 0.3) is 0 Å². The Balaban J connectivity index is 1.67. The van der Waals surface area contributed by atoms with Crippen molar-refractivity contribution >= 4 is 5.91 Å². The van der Waals surface area contributed by atoms with Gasteiger partial charge in [-0.1, -0.05) is 30.3 Å².